The molecule has 1 aromatic rings. The predicted octanol–water partition coefficient (Wildman–Crippen LogP) is 2.23. The van der Waals surface area contributed by atoms with E-state index < -0.39 is 0 Å². The maximum atomic E-state index is 12.6. The number of carbonyl (C=O) groups is 2. The Kier molecular flexibility index (Phi) is 7.10. The highest BCUT2D eigenvalue weighted by Gasteiger charge is 2.39. The van der Waals surface area contributed by atoms with Crippen LogP contribution >= 0.6 is 23.1 Å². The van der Waals surface area contributed by atoms with Gasteiger partial charge < -0.3 is 19.7 Å². The number of rotatable bonds is 6. The molecule has 0 bridgehead atoms. The minimum atomic E-state index is -0.158. The van der Waals surface area contributed by atoms with Crippen molar-refractivity contribution in [3.8, 4) is 0 Å². The molecule has 0 radical (unpaired) electrons. The Bertz CT molecular complexity index is 706. The number of nitrogens with one attached hydrogen (secondary N) is 1. The van der Waals surface area contributed by atoms with Crippen molar-refractivity contribution in [2.45, 2.75) is 61.6 Å². The summed E-state index contributed by atoms with van der Waals surface area (Å²) >= 11 is 3.00. The summed E-state index contributed by atoms with van der Waals surface area (Å²) in [7, 11) is 0. The molecule has 1 aliphatic carbocycles. The van der Waals surface area contributed by atoms with E-state index in [9.17, 15) is 9.59 Å². The summed E-state index contributed by atoms with van der Waals surface area (Å²) < 4.78 is 12.9. The van der Waals surface area contributed by atoms with Crippen molar-refractivity contribution in [1.29, 1.82) is 0 Å². The molecule has 3 fully saturated rings. The number of hydrogen-bond donors (Lipinski definition) is 1. The van der Waals surface area contributed by atoms with Gasteiger partial charge in [0, 0.05) is 30.6 Å². The molecule has 3 heterocycles. The fraction of sp³-hybridized carbons (Fsp3) is 0.750. The minimum absolute atomic E-state index is 0.0412. The molecule has 29 heavy (non-hydrogen) atoms. The number of thioether (sulfide) groups is 1. The molecule has 0 unspecified atom stereocenters. The van der Waals surface area contributed by atoms with Crippen molar-refractivity contribution in [1.82, 2.24) is 15.2 Å². The van der Waals surface area contributed by atoms with Gasteiger partial charge in [0.15, 0.2) is 4.34 Å². The molecule has 1 aromatic heterocycles. The smallest absolute Gasteiger partial charge is 0.230 e. The largest absolute Gasteiger partial charge is 0.371 e. The lowest BCUT2D eigenvalue weighted by Crippen LogP contribution is -2.42. The molecule has 0 spiro atoms. The summed E-state index contributed by atoms with van der Waals surface area (Å²) in [6.07, 6.45) is 5.33. The Labute approximate surface area is 179 Å². The van der Waals surface area contributed by atoms with Gasteiger partial charge in [-0.15, -0.1) is 11.3 Å². The zero-order valence-corrected chi connectivity index (χ0v) is 18.4. The number of fused-ring (bicyclic) bond motifs is 1. The van der Waals surface area contributed by atoms with Gasteiger partial charge in [-0.1, -0.05) is 24.6 Å². The summed E-state index contributed by atoms with van der Waals surface area (Å²) in [5.74, 6) is 1.08. The molecule has 7 nitrogen and oxygen atoms in total. The maximum absolute atomic E-state index is 12.6. The third kappa shape index (κ3) is 5.71. The van der Waals surface area contributed by atoms with Crippen LogP contribution in [0.25, 0.3) is 0 Å². The Morgan fingerprint density at radius 1 is 1.24 bits per heavy atom. The standard InChI is InChI=1S/C20H29N3O4S2/c1-13-11-28-20(21-13)29-12-18(24)22-15-9-26-16-7-23(8-17(16)27-10-15)19(25)6-14-4-2-3-5-14/h11,14-17H,2-10,12H2,1H3,(H,22,24)/t16-,17-/m0/s1. The summed E-state index contributed by atoms with van der Waals surface area (Å²) in [5.41, 5.74) is 0.978. The van der Waals surface area contributed by atoms with Crippen molar-refractivity contribution in [2.24, 2.45) is 5.92 Å². The van der Waals surface area contributed by atoms with Crippen LogP contribution in [0.15, 0.2) is 9.72 Å². The van der Waals surface area contributed by atoms with Crippen LogP contribution in [0.2, 0.25) is 0 Å². The zero-order valence-electron chi connectivity index (χ0n) is 16.8. The predicted molar refractivity (Wildman–Crippen MR) is 112 cm³/mol. The monoisotopic (exact) mass is 439 g/mol. The van der Waals surface area contributed by atoms with Crippen molar-refractivity contribution < 1.29 is 19.1 Å². The molecule has 1 N–H and O–H groups in total. The molecule has 0 aromatic carbocycles. The Balaban J connectivity index is 1.19. The van der Waals surface area contributed by atoms with Gasteiger partial charge >= 0.3 is 0 Å². The Hall–Kier alpha value is -1.16. The number of likely N-dealkylation sites (tertiary alicyclic amines) is 1. The number of thiazole rings is 1. The van der Waals surface area contributed by atoms with Gasteiger partial charge in [0.1, 0.15) is 12.2 Å². The first kappa shape index (κ1) is 21.1. The van der Waals surface area contributed by atoms with Crippen molar-refractivity contribution in [3.05, 3.63) is 11.1 Å². The van der Waals surface area contributed by atoms with Crippen LogP contribution in [0.4, 0.5) is 0 Å². The highest BCUT2D eigenvalue weighted by Crippen LogP contribution is 2.29. The third-order valence-electron chi connectivity index (χ3n) is 5.82. The molecule has 2 atom stereocenters. The van der Waals surface area contributed by atoms with E-state index in [0.717, 1.165) is 10.0 Å². The first-order chi connectivity index (χ1) is 14.1. The minimum Gasteiger partial charge on any atom is -0.371 e. The molecule has 3 aliphatic rings. The number of aromatic nitrogens is 1. The van der Waals surface area contributed by atoms with E-state index in [1.165, 1.54) is 37.4 Å². The van der Waals surface area contributed by atoms with E-state index in [4.69, 9.17) is 9.47 Å². The van der Waals surface area contributed by atoms with E-state index >= 15 is 0 Å². The fourth-order valence-corrected chi connectivity index (χ4v) is 5.93. The Morgan fingerprint density at radius 2 is 1.93 bits per heavy atom. The van der Waals surface area contributed by atoms with Crippen LogP contribution in [0.1, 0.15) is 37.8 Å². The molecule has 4 rings (SSSR count). The van der Waals surface area contributed by atoms with Crippen LogP contribution in [-0.2, 0) is 19.1 Å². The molecule has 2 saturated heterocycles. The Morgan fingerprint density at radius 3 is 2.55 bits per heavy atom. The van der Waals surface area contributed by atoms with Gasteiger partial charge in [0.25, 0.3) is 0 Å². The summed E-state index contributed by atoms with van der Waals surface area (Å²) in [4.78, 5) is 31.1. The number of aryl methyl sites for hydroxylation is 1. The van der Waals surface area contributed by atoms with E-state index in [1.54, 1.807) is 11.3 Å². The van der Waals surface area contributed by atoms with Crippen LogP contribution in [0, 0.1) is 12.8 Å². The molecular formula is C20H29N3O4S2. The lowest BCUT2D eigenvalue weighted by atomic mass is 10.0. The quantitative estimate of drug-likeness (QED) is 0.685. The second-order valence-corrected chi connectivity index (χ2v) is 10.3. The molecule has 160 valence electrons. The van der Waals surface area contributed by atoms with Gasteiger partial charge in [-0.3, -0.25) is 9.59 Å². The number of ether oxygens (including phenoxy) is 2. The maximum Gasteiger partial charge on any atom is 0.230 e. The molecule has 2 aliphatic heterocycles. The number of carbonyl (C=O) groups excluding carboxylic acids is 2. The third-order valence-corrected chi connectivity index (χ3v) is 7.96. The molecular weight excluding hydrogens is 410 g/mol. The molecule has 9 heteroatoms. The number of nitrogens with zero attached hydrogens (tertiary/aromatic N) is 2. The van der Waals surface area contributed by atoms with Crippen molar-refractivity contribution in [3.63, 3.8) is 0 Å². The SMILES string of the molecule is Cc1csc(SCC(=O)NC2CO[C@H]3CN(C(=O)CC4CCCC4)C[C@@H]3OC2)n1. The van der Waals surface area contributed by atoms with E-state index in [-0.39, 0.29) is 30.1 Å². The lowest BCUT2D eigenvalue weighted by molar-refractivity contribution is -0.132. The van der Waals surface area contributed by atoms with Crippen LogP contribution in [-0.4, -0.2) is 72.0 Å². The van der Waals surface area contributed by atoms with E-state index in [0.29, 0.717) is 44.4 Å². The zero-order chi connectivity index (χ0) is 20.2. The van der Waals surface area contributed by atoms with E-state index in [2.05, 4.69) is 10.3 Å². The number of amides is 2. The van der Waals surface area contributed by atoms with Gasteiger partial charge in [0.05, 0.1) is 25.0 Å². The summed E-state index contributed by atoms with van der Waals surface area (Å²) in [6, 6.07) is -0.158. The lowest BCUT2D eigenvalue weighted by Gasteiger charge is -2.20. The topological polar surface area (TPSA) is 80.8 Å². The summed E-state index contributed by atoms with van der Waals surface area (Å²) in [6.45, 7) is 3.96. The van der Waals surface area contributed by atoms with E-state index in [1.807, 2.05) is 17.2 Å². The number of hydrogen-bond acceptors (Lipinski definition) is 7. The highest BCUT2D eigenvalue weighted by atomic mass is 32.2. The summed E-state index contributed by atoms with van der Waals surface area (Å²) in [5, 5.41) is 4.97. The van der Waals surface area contributed by atoms with Crippen molar-refractivity contribution in [2.75, 3.05) is 32.1 Å². The average molecular weight is 440 g/mol. The second kappa shape index (κ2) is 9.76. The van der Waals surface area contributed by atoms with Crippen LogP contribution < -0.4 is 5.32 Å². The highest BCUT2D eigenvalue weighted by molar-refractivity contribution is 8.01. The van der Waals surface area contributed by atoms with Crippen LogP contribution in [0.3, 0.4) is 0 Å². The van der Waals surface area contributed by atoms with Gasteiger partial charge in [0.2, 0.25) is 11.8 Å². The first-order valence-corrected chi connectivity index (χ1v) is 12.3. The van der Waals surface area contributed by atoms with Gasteiger partial charge in [-0.2, -0.15) is 0 Å². The second-order valence-electron chi connectivity index (χ2n) is 8.20. The first-order valence-electron chi connectivity index (χ1n) is 10.4. The fourth-order valence-electron chi connectivity index (χ4n) is 4.26. The molecule has 1 saturated carbocycles. The van der Waals surface area contributed by atoms with Crippen LogP contribution in [0.5, 0.6) is 0 Å². The van der Waals surface area contributed by atoms with Gasteiger partial charge in [-0.25, -0.2) is 4.98 Å². The normalized spacial score (nSPS) is 25.8. The average Bonchev–Trinajstić information content (AvgIpc) is 3.42. The van der Waals surface area contributed by atoms with Crippen molar-refractivity contribution >= 4 is 34.9 Å². The molecule has 2 amide bonds. The van der Waals surface area contributed by atoms with Gasteiger partial charge in [-0.05, 0) is 25.7 Å².